The molecule has 374 valence electrons. The molecule has 0 saturated carbocycles. The third kappa shape index (κ3) is 34.1. The Balaban J connectivity index is 2.28. The number of allylic oxidation sites excluding steroid dienone is 4. The predicted molar refractivity (Wildman–Crippen MR) is 257 cm³/mol. The van der Waals surface area contributed by atoms with Gasteiger partial charge in [-0.2, -0.15) is 0 Å². The quantitative estimate of drug-likeness (QED) is 0.0261. The molecule has 1 fully saturated rings. The number of hydrogen-bond donors (Lipinski definition) is 4. The lowest BCUT2D eigenvalue weighted by Crippen LogP contribution is -2.60. The van der Waals surface area contributed by atoms with E-state index in [1.165, 1.54) is 154 Å². The number of carboxylic acids is 1. The van der Waals surface area contributed by atoms with Crippen LogP contribution in [0.2, 0.25) is 0 Å². The molecular weight excluding hydrogens is 813 g/mol. The molecule has 4 N–H and O–H groups in total. The number of aliphatic hydroxyl groups excluding tert-OH is 3. The van der Waals surface area contributed by atoms with Crippen molar-refractivity contribution in [3.63, 3.8) is 0 Å². The molecule has 0 amide bonds. The van der Waals surface area contributed by atoms with Crippen LogP contribution in [0.1, 0.15) is 245 Å². The summed E-state index contributed by atoms with van der Waals surface area (Å²) in [5.74, 6) is -2.44. The Labute approximate surface area is 389 Å². The number of unbranched alkanes of at least 4 members (excludes halogenated alkanes) is 30. The number of aliphatic carboxylic acids is 1. The van der Waals surface area contributed by atoms with E-state index in [-0.39, 0.29) is 26.1 Å². The normalized spacial score (nSPS) is 19.4. The first-order valence-electron chi connectivity index (χ1n) is 26.4. The van der Waals surface area contributed by atoms with Crippen molar-refractivity contribution in [2.45, 2.75) is 282 Å². The number of carbonyl (C=O) groups is 3. The summed E-state index contributed by atoms with van der Waals surface area (Å²) in [6.07, 6.45) is 40.8. The van der Waals surface area contributed by atoms with Gasteiger partial charge in [0.25, 0.3) is 0 Å². The van der Waals surface area contributed by atoms with E-state index in [1.807, 2.05) is 0 Å². The molecule has 0 aromatic carbocycles. The number of rotatable bonds is 45. The van der Waals surface area contributed by atoms with Gasteiger partial charge in [-0.05, 0) is 44.9 Å². The van der Waals surface area contributed by atoms with Crippen molar-refractivity contribution in [1.82, 2.24) is 0 Å². The molecule has 0 bridgehead atoms. The predicted octanol–water partition coefficient (Wildman–Crippen LogP) is 12.5. The fourth-order valence-electron chi connectivity index (χ4n) is 8.15. The molecule has 11 nitrogen and oxygen atoms in total. The highest BCUT2D eigenvalue weighted by Crippen LogP contribution is 2.23. The fraction of sp³-hybridized carbons (Fsp3) is 0.868. The van der Waals surface area contributed by atoms with Crippen LogP contribution < -0.4 is 0 Å². The van der Waals surface area contributed by atoms with Gasteiger partial charge in [-0.3, -0.25) is 9.59 Å². The molecule has 0 aromatic heterocycles. The van der Waals surface area contributed by atoms with E-state index in [0.29, 0.717) is 12.8 Å². The maximum Gasteiger partial charge on any atom is 0.335 e. The Hall–Kier alpha value is -2.31. The SMILES string of the molecule is CCCCCC/C=C\C/C=C\CCCCCCCCCC(=O)OCC(COC1OC(C(=O)O)C(O)C(O)C1O)OC(=O)CCCCCCCCCCCCCCCCCCCCCC. The molecule has 1 aliphatic rings. The molecule has 1 heterocycles. The van der Waals surface area contributed by atoms with E-state index >= 15 is 0 Å². The number of aliphatic hydroxyl groups is 3. The van der Waals surface area contributed by atoms with E-state index in [9.17, 15) is 34.8 Å². The van der Waals surface area contributed by atoms with Crippen LogP contribution in [0.5, 0.6) is 0 Å². The summed E-state index contributed by atoms with van der Waals surface area (Å²) < 4.78 is 21.8. The van der Waals surface area contributed by atoms with Crippen LogP contribution in [0, 0.1) is 0 Å². The van der Waals surface area contributed by atoms with Crippen LogP contribution in [-0.2, 0) is 33.3 Å². The number of esters is 2. The minimum Gasteiger partial charge on any atom is -0.479 e. The molecule has 1 saturated heterocycles. The number of ether oxygens (including phenoxy) is 4. The lowest BCUT2D eigenvalue weighted by atomic mass is 9.99. The van der Waals surface area contributed by atoms with Gasteiger partial charge in [-0.1, -0.05) is 212 Å². The molecule has 64 heavy (non-hydrogen) atoms. The first-order valence-corrected chi connectivity index (χ1v) is 26.4. The van der Waals surface area contributed by atoms with Crippen LogP contribution in [0.25, 0.3) is 0 Å². The van der Waals surface area contributed by atoms with Gasteiger partial charge in [0, 0.05) is 12.8 Å². The highest BCUT2D eigenvalue weighted by molar-refractivity contribution is 5.73. The molecular formula is C53H96O11. The third-order valence-corrected chi connectivity index (χ3v) is 12.3. The summed E-state index contributed by atoms with van der Waals surface area (Å²) in [4.78, 5) is 37.0. The molecule has 6 atom stereocenters. The van der Waals surface area contributed by atoms with Gasteiger partial charge in [0.2, 0.25) is 0 Å². The highest BCUT2D eigenvalue weighted by atomic mass is 16.7. The van der Waals surface area contributed by atoms with Crippen molar-refractivity contribution in [3.8, 4) is 0 Å². The van der Waals surface area contributed by atoms with Gasteiger partial charge in [-0.25, -0.2) is 4.79 Å². The minimum atomic E-state index is -1.86. The molecule has 0 spiro atoms. The van der Waals surface area contributed by atoms with E-state index in [4.69, 9.17) is 18.9 Å². The summed E-state index contributed by atoms with van der Waals surface area (Å²) in [6, 6.07) is 0. The van der Waals surface area contributed by atoms with E-state index in [0.717, 1.165) is 51.4 Å². The Kier molecular flexibility index (Phi) is 40.4. The maximum absolute atomic E-state index is 12.8. The smallest absolute Gasteiger partial charge is 0.335 e. The molecule has 11 heteroatoms. The summed E-state index contributed by atoms with van der Waals surface area (Å²) in [6.45, 7) is 3.83. The number of hydrogen-bond acceptors (Lipinski definition) is 10. The monoisotopic (exact) mass is 909 g/mol. The van der Waals surface area contributed by atoms with Crippen LogP contribution in [0.4, 0.5) is 0 Å². The summed E-state index contributed by atoms with van der Waals surface area (Å²) in [5.41, 5.74) is 0. The second-order valence-electron chi connectivity index (χ2n) is 18.4. The second-order valence-corrected chi connectivity index (χ2v) is 18.4. The lowest BCUT2D eigenvalue weighted by molar-refractivity contribution is -0.298. The second kappa shape index (κ2) is 43.3. The molecule has 6 unspecified atom stereocenters. The highest BCUT2D eigenvalue weighted by Gasteiger charge is 2.47. The first-order chi connectivity index (χ1) is 31.2. The Morgan fingerprint density at radius 1 is 0.484 bits per heavy atom. The average molecular weight is 909 g/mol. The van der Waals surface area contributed by atoms with Crippen LogP contribution in [-0.4, -0.2) is 88.4 Å². The van der Waals surface area contributed by atoms with Gasteiger partial charge in [0.05, 0.1) is 6.61 Å². The number of carbonyl (C=O) groups excluding carboxylic acids is 2. The zero-order valence-corrected chi connectivity index (χ0v) is 40.8. The summed E-state index contributed by atoms with van der Waals surface area (Å²) in [7, 11) is 0. The average Bonchev–Trinajstić information content (AvgIpc) is 3.28. The lowest BCUT2D eigenvalue weighted by Gasteiger charge is -2.38. The van der Waals surface area contributed by atoms with Gasteiger partial charge < -0.3 is 39.4 Å². The van der Waals surface area contributed by atoms with Crippen molar-refractivity contribution in [2.75, 3.05) is 13.2 Å². The standard InChI is InChI=1S/C53H96O11/c1-3-5-7-9-11-13-15-17-19-21-23-24-26-28-30-32-34-36-38-40-42-47(55)63-45(44-62-53-50(58)48(56)49(57)51(64-53)52(59)60)43-61-46(54)41-39-37-35-33-31-29-27-25-22-20-18-16-14-12-10-8-6-4-2/h14,16,20,22,45,48-51,53,56-58H,3-13,15,17-19,21,23-44H2,1-2H3,(H,59,60)/b16-14-,22-20-. The van der Waals surface area contributed by atoms with E-state index in [1.54, 1.807) is 0 Å². The fourth-order valence-corrected chi connectivity index (χ4v) is 8.15. The third-order valence-electron chi connectivity index (χ3n) is 12.3. The van der Waals surface area contributed by atoms with Gasteiger partial charge >= 0.3 is 17.9 Å². The van der Waals surface area contributed by atoms with Gasteiger partial charge in [0.15, 0.2) is 18.5 Å². The Morgan fingerprint density at radius 3 is 1.31 bits per heavy atom. The van der Waals surface area contributed by atoms with Crippen LogP contribution >= 0.6 is 0 Å². The van der Waals surface area contributed by atoms with Crippen molar-refractivity contribution in [3.05, 3.63) is 24.3 Å². The molecule has 0 radical (unpaired) electrons. The molecule has 1 aliphatic heterocycles. The topological polar surface area (TPSA) is 169 Å². The van der Waals surface area contributed by atoms with Gasteiger partial charge in [0.1, 0.15) is 24.9 Å². The number of carboxylic acid groups (broad SMARTS) is 1. The van der Waals surface area contributed by atoms with Crippen LogP contribution in [0.3, 0.4) is 0 Å². The minimum absolute atomic E-state index is 0.186. The molecule has 1 rings (SSSR count). The van der Waals surface area contributed by atoms with Crippen molar-refractivity contribution >= 4 is 17.9 Å². The molecule has 0 aliphatic carbocycles. The largest absolute Gasteiger partial charge is 0.479 e. The van der Waals surface area contributed by atoms with Crippen molar-refractivity contribution in [1.29, 1.82) is 0 Å². The summed E-state index contributed by atoms with van der Waals surface area (Å²) in [5, 5.41) is 40.0. The Bertz CT molecular complexity index is 1160. The van der Waals surface area contributed by atoms with Crippen LogP contribution in [0.15, 0.2) is 24.3 Å². The first kappa shape index (κ1) is 59.7. The summed E-state index contributed by atoms with van der Waals surface area (Å²) >= 11 is 0. The molecule has 0 aromatic rings. The van der Waals surface area contributed by atoms with Crippen molar-refractivity contribution in [2.24, 2.45) is 0 Å². The van der Waals surface area contributed by atoms with E-state index in [2.05, 4.69) is 38.2 Å². The van der Waals surface area contributed by atoms with E-state index < -0.39 is 54.7 Å². The van der Waals surface area contributed by atoms with Crippen molar-refractivity contribution < 1.29 is 53.8 Å². The Morgan fingerprint density at radius 2 is 0.875 bits per heavy atom. The zero-order chi connectivity index (χ0) is 46.7. The van der Waals surface area contributed by atoms with Gasteiger partial charge in [-0.15, -0.1) is 0 Å². The zero-order valence-electron chi connectivity index (χ0n) is 40.8. The maximum atomic E-state index is 12.8.